The molecule has 1 aromatic heterocycles. The number of carbonyl (C=O) groups excluding carboxylic acids is 2. The number of hydrogen-bond acceptors (Lipinski definition) is 5. The number of amides is 2. The molecule has 1 N–H and O–H groups in total. The number of ether oxygens (including phenoxy) is 1. The van der Waals surface area contributed by atoms with Crippen molar-refractivity contribution in [3.8, 4) is 0 Å². The molecular formula is C16H25N3O4. The number of nitrogens with zero attached hydrogens (tertiary/aromatic N) is 2. The maximum Gasteiger partial charge on any atom is 0.289 e. The summed E-state index contributed by atoms with van der Waals surface area (Å²) in [5, 5.41) is 6.72. The molecule has 0 radical (unpaired) electrons. The normalized spacial score (nSPS) is 18.0. The number of nitrogens with one attached hydrogen (secondary N) is 1. The third-order valence-electron chi connectivity index (χ3n) is 3.81. The molecule has 1 fully saturated rings. The summed E-state index contributed by atoms with van der Waals surface area (Å²) < 4.78 is 10.1. The lowest BCUT2D eigenvalue weighted by Gasteiger charge is -2.15. The summed E-state index contributed by atoms with van der Waals surface area (Å²) in [6.07, 6.45) is 1.24. The van der Waals surface area contributed by atoms with Gasteiger partial charge in [-0.15, -0.1) is 0 Å². The summed E-state index contributed by atoms with van der Waals surface area (Å²) in [5.74, 6) is 0.636. The Balaban J connectivity index is 1.78. The van der Waals surface area contributed by atoms with E-state index in [0.717, 1.165) is 12.1 Å². The first-order chi connectivity index (χ1) is 11.0. The minimum atomic E-state index is -0.282. The minimum Gasteiger partial charge on any atom is -0.383 e. The third-order valence-corrected chi connectivity index (χ3v) is 3.81. The minimum absolute atomic E-state index is 0.111. The van der Waals surface area contributed by atoms with E-state index in [1.165, 1.54) is 0 Å². The van der Waals surface area contributed by atoms with E-state index in [-0.39, 0.29) is 23.5 Å². The SMILES string of the molecule is COCCN1C[C@@H](CNC(=O)c2cc(CC(C)C)no2)CC1=O. The van der Waals surface area contributed by atoms with E-state index < -0.39 is 0 Å². The fourth-order valence-electron chi connectivity index (χ4n) is 2.67. The number of likely N-dealkylation sites (tertiary alicyclic amines) is 1. The van der Waals surface area contributed by atoms with Gasteiger partial charge in [-0.05, 0) is 12.3 Å². The smallest absolute Gasteiger partial charge is 0.289 e. The zero-order chi connectivity index (χ0) is 16.8. The molecule has 2 heterocycles. The molecule has 2 amide bonds. The van der Waals surface area contributed by atoms with Crippen molar-refractivity contribution in [3.63, 3.8) is 0 Å². The van der Waals surface area contributed by atoms with Gasteiger partial charge in [-0.3, -0.25) is 9.59 Å². The lowest BCUT2D eigenvalue weighted by atomic mass is 10.1. The van der Waals surface area contributed by atoms with Crippen LogP contribution in [-0.4, -0.2) is 55.2 Å². The lowest BCUT2D eigenvalue weighted by molar-refractivity contribution is -0.128. The van der Waals surface area contributed by atoms with Gasteiger partial charge < -0.3 is 19.5 Å². The molecule has 128 valence electrons. The van der Waals surface area contributed by atoms with Crippen molar-refractivity contribution in [2.45, 2.75) is 26.7 Å². The maximum atomic E-state index is 12.1. The van der Waals surface area contributed by atoms with Crippen molar-refractivity contribution in [1.29, 1.82) is 0 Å². The highest BCUT2D eigenvalue weighted by Crippen LogP contribution is 2.17. The van der Waals surface area contributed by atoms with Crippen molar-refractivity contribution in [3.05, 3.63) is 17.5 Å². The van der Waals surface area contributed by atoms with Crippen molar-refractivity contribution < 1.29 is 18.8 Å². The fourth-order valence-corrected chi connectivity index (χ4v) is 2.67. The van der Waals surface area contributed by atoms with Gasteiger partial charge in [0, 0.05) is 45.1 Å². The summed E-state index contributed by atoms with van der Waals surface area (Å²) in [4.78, 5) is 25.7. The second-order valence-electron chi connectivity index (χ2n) is 6.39. The van der Waals surface area contributed by atoms with Crippen LogP contribution in [0.4, 0.5) is 0 Å². The predicted molar refractivity (Wildman–Crippen MR) is 83.9 cm³/mol. The van der Waals surface area contributed by atoms with Gasteiger partial charge in [0.2, 0.25) is 11.7 Å². The van der Waals surface area contributed by atoms with Crippen LogP contribution in [0.15, 0.2) is 10.6 Å². The summed E-state index contributed by atoms with van der Waals surface area (Å²) in [7, 11) is 1.61. The molecule has 0 unspecified atom stereocenters. The van der Waals surface area contributed by atoms with Crippen molar-refractivity contribution in [2.24, 2.45) is 11.8 Å². The molecule has 0 bridgehead atoms. The van der Waals surface area contributed by atoms with Gasteiger partial charge in [-0.1, -0.05) is 19.0 Å². The Morgan fingerprint density at radius 3 is 3.04 bits per heavy atom. The van der Waals surface area contributed by atoms with E-state index in [1.807, 2.05) is 0 Å². The summed E-state index contributed by atoms with van der Waals surface area (Å²) in [6, 6.07) is 1.68. The van der Waals surface area contributed by atoms with E-state index in [4.69, 9.17) is 9.26 Å². The van der Waals surface area contributed by atoms with Crippen LogP contribution in [0.2, 0.25) is 0 Å². The number of carbonyl (C=O) groups is 2. The van der Waals surface area contributed by atoms with Gasteiger partial charge in [0.1, 0.15) is 0 Å². The molecule has 23 heavy (non-hydrogen) atoms. The highest BCUT2D eigenvalue weighted by atomic mass is 16.5. The van der Waals surface area contributed by atoms with Crippen LogP contribution < -0.4 is 5.32 Å². The van der Waals surface area contributed by atoms with Crippen LogP contribution in [0.5, 0.6) is 0 Å². The number of aromatic nitrogens is 1. The molecule has 1 atom stereocenters. The second kappa shape index (κ2) is 8.10. The van der Waals surface area contributed by atoms with Crippen LogP contribution in [0.1, 0.15) is 36.5 Å². The zero-order valence-corrected chi connectivity index (χ0v) is 14.0. The van der Waals surface area contributed by atoms with E-state index in [1.54, 1.807) is 18.1 Å². The molecule has 7 nitrogen and oxygen atoms in total. The number of rotatable bonds is 8. The molecule has 1 saturated heterocycles. The Morgan fingerprint density at radius 1 is 1.57 bits per heavy atom. The third kappa shape index (κ3) is 5.06. The molecular weight excluding hydrogens is 298 g/mol. The Hall–Kier alpha value is -1.89. The molecule has 0 spiro atoms. The van der Waals surface area contributed by atoms with E-state index >= 15 is 0 Å². The average molecular weight is 323 g/mol. The molecule has 7 heteroatoms. The molecule has 1 aromatic rings. The monoisotopic (exact) mass is 323 g/mol. The van der Waals surface area contributed by atoms with E-state index in [2.05, 4.69) is 24.3 Å². The van der Waals surface area contributed by atoms with Crippen LogP contribution in [0.3, 0.4) is 0 Å². The molecule has 0 aromatic carbocycles. The molecule has 0 saturated carbocycles. The molecule has 1 aliphatic rings. The Morgan fingerprint density at radius 2 is 2.35 bits per heavy atom. The Bertz CT molecular complexity index is 541. The predicted octanol–water partition coefficient (Wildman–Crippen LogP) is 1.10. The fraction of sp³-hybridized carbons (Fsp3) is 0.688. The Labute approximate surface area is 136 Å². The van der Waals surface area contributed by atoms with Crippen molar-refractivity contribution in [1.82, 2.24) is 15.4 Å². The topological polar surface area (TPSA) is 84.7 Å². The van der Waals surface area contributed by atoms with Crippen molar-refractivity contribution in [2.75, 3.05) is 33.4 Å². The van der Waals surface area contributed by atoms with Crippen LogP contribution >= 0.6 is 0 Å². The molecule has 2 rings (SSSR count). The first-order valence-electron chi connectivity index (χ1n) is 8.00. The van der Waals surface area contributed by atoms with Crippen molar-refractivity contribution >= 4 is 11.8 Å². The lowest BCUT2D eigenvalue weighted by Crippen LogP contribution is -2.32. The summed E-state index contributed by atoms with van der Waals surface area (Å²) in [5.41, 5.74) is 0.784. The first kappa shape index (κ1) is 17.5. The van der Waals surface area contributed by atoms with Gasteiger partial charge in [-0.2, -0.15) is 0 Å². The van der Waals surface area contributed by atoms with E-state index in [9.17, 15) is 9.59 Å². The average Bonchev–Trinajstić information content (AvgIpc) is 3.09. The Kier molecular flexibility index (Phi) is 6.15. The number of hydrogen-bond donors (Lipinski definition) is 1. The maximum absolute atomic E-state index is 12.1. The van der Waals surface area contributed by atoms with Gasteiger partial charge in [-0.25, -0.2) is 0 Å². The van der Waals surface area contributed by atoms with Crippen LogP contribution in [0, 0.1) is 11.8 Å². The quantitative estimate of drug-likeness (QED) is 0.774. The number of methoxy groups -OCH3 is 1. The van der Waals surface area contributed by atoms with Crippen LogP contribution in [-0.2, 0) is 16.0 Å². The highest BCUT2D eigenvalue weighted by molar-refractivity contribution is 5.91. The van der Waals surface area contributed by atoms with Gasteiger partial charge in [0.15, 0.2) is 0 Å². The van der Waals surface area contributed by atoms with Crippen LogP contribution in [0.25, 0.3) is 0 Å². The zero-order valence-electron chi connectivity index (χ0n) is 14.0. The second-order valence-corrected chi connectivity index (χ2v) is 6.39. The van der Waals surface area contributed by atoms with Gasteiger partial charge in [0.05, 0.1) is 12.3 Å². The van der Waals surface area contributed by atoms with Gasteiger partial charge in [0.25, 0.3) is 5.91 Å². The summed E-state index contributed by atoms with van der Waals surface area (Å²) in [6.45, 7) is 6.40. The van der Waals surface area contributed by atoms with Gasteiger partial charge >= 0.3 is 0 Å². The molecule has 0 aliphatic carbocycles. The summed E-state index contributed by atoms with van der Waals surface area (Å²) >= 11 is 0. The van der Waals surface area contributed by atoms with E-state index in [0.29, 0.717) is 38.6 Å². The highest BCUT2D eigenvalue weighted by Gasteiger charge is 2.29. The standard InChI is InChI=1S/C16H25N3O4/c1-11(2)6-13-8-14(23-18-13)16(21)17-9-12-7-15(20)19(10-12)4-5-22-3/h8,11-12H,4-7,9-10H2,1-3H3,(H,17,21)/t12-/m1/s1. The first-order valence-corrected chi connectivity index (χ1v) is 8.00. The molecule has 1 aliphatic heterocycles. The largest absolute Gasteiger partial charge is 0.383 e.